The lowest BCUT2D eigenvalue weighted by atomic mass is 10.0. The van der Waals surface area contributed by atoms with Crippen molar-refractivity contribution in [3.8, 4) is 0 Å². The van der Waals surface area contributed by atoms with Gasteiger partial charge in [-0.1, -0.05) is 0 Å². The fourth-order valence-electron chi connectivity index (χ4n) is 3.06. The lowest BCUT2D eigenvalue weighted by molar-refractivity contribution is -0.143. The van der Waals surface area contributed by atoms with Gasteiger partial charge in [0.2, 0.25) is 0 Å². The molecule has 0 aromatic rings. The van der Waals surface area contributed by atoms with Crippen LogP contribution in [0, 0.1) is 0 Å². The molecule has 0 bridgehead atoms. The van der Waals surface area contributed by atoms with Crippen LogP contribution in [-0.4, -0.2) is 67.7 Å². The summed E-state index contributed by atoms with van der Waals surface area (Å²) in [6.07, 6.45) is 4.43. The van der Waals surface area contributed by atoms with Crippen LogP contribution in [0.3, 0.4) is 0 Å². The summed E-state index contributed by atoms with van der Waals surface area (Å²) in [5.74, 6) is 0.0592. The van der Waals surface area contributed by atoms with Gasteiger partial charge < -0.3 is 15.4 Å². The number of hydrogen-bond acceptors (Lipinski definition) is 4. The van der Waals surface area contributed by atoms with E-state index in [2.05, 4.69) is 4.90 Å². The minimum atomic E-state index is -0.470. The summed E-state index contributed by atoms with van der Waals surface area (Å²) >= 11 is 0. The monoisotopic (exact) mass is 255 g/mol. The zero-order valence-electron chi connectivity index (χ0n) is 11.3. The molecule has 2 N–H and O–H groups in total. The van der Waals surface area contributed by atoms with Gasteiger partial charge >= 0.3 is 0 Å². The first kappa shape index (κ1) is 13.8. The Kier molecular flexibility index (Phi) is 4.97. The molecule has 2 atom stereocenters. The highest BCUT2D eigenvalue weighted by Gasteiger charge is 2.31. The van der Waals surface area contributed by atoms with Gasteiger partial charge in [0.1, 0.15) is 6.10 Å². The van der Waals surface area contributed by atoms with Gasteiger partial charge in [-0.2, -0.15) is 0 Å². The van der Waals surface area contributed by atoms with Gasteiger partial charge in [-0.3, -0.25) is 9.69 Å². The molecular formula is C13H25N3O2. The molecular weight excluding hydrogens is 230 g/mol. The van der Waals surface area contributed by atoms with Gasteiger partial charge in [0.15, 0.2) is 0 Å². The maximum atomic E-state index is 12.2. The van der Waals surface area contributed by atoms with Crippen LogP contribution in [-0.2, 0) is 9.53 Å². The number of likely N-dealkylation sites (tertiary alicyclic amines) is 2. The normalized spacial score (nSPS) is 27.4. The molecule has 104 valence electrons. The number of ether oxygens (including phenoxy) is 1. The topological polar surface area (TPSA) is 58.8 Å². The third-order valence-corrected chi connectivity index (χ3v) is 4.14. The Labute approximate surface area is 109 Å². The third-order valence-electron chi connectivity index (χ3n) is 4.14. The van der Waals surface area contributed by atoms with Crippen LogP contribution in [0.5, 0.6) is 0 Å². The van der Waals surface area contributed by atoms with Crippen molar-refractivity contribution < 1.29 is 9.53 Å². The fraction of sp³-hybridized carbons (Fsp3) is 0.923. The minimum Gasteiger partial charge on any atom is -0.370 e. The first-order valence-corrected chi connectivity index (χ1v) is 7.02. The summed E-state index contributed by atoms with van der Waals surface area (Å²) < 4.78 is 5.15. The molecule has 2 fully saturated rings. The van der Waals surface area contributed by atoms with Crippen molar-refractivity contribution in [2.24, 2.45) is 5.73 Å². The van der Waals surface area contributed by atoms with Crippen molar-refractivity contribution in [3.05, 3.63) is 0 Å². The van der Waals surface area contributed by atoms with E-state index < -0.39 is 6.10 Å². The molecule has 2 aliphatic rings. The number of carbonyl (C=O) groups excluding carboxylic acids is 1. The SMILES string of the molecule is COC(CN)C(=O)N1CCCC(N2CCCC2)C1. The number of hydrogen-bond donors (Lipinski definition) is 1. The second kappa shape index (κ2) is 6.50. The highest BCUT2D eigenvalue weighted by Crippen LogP contribution is 2.21. The third kappa shape index (κ3) is 3.02. The van der Waals surface area contributed by atoms with Crippen molar-refractivity contribution in [2.75, 3.05) is 39.8 Å². The smallest absolute Gasteiger partial charge is 0.253 e. The van der Waals surface area contributed by atoms with E-state index in [1.165, 1.54) is 32.4 Å². The first-order valence-electron chi connectivity index (χ1n) is 7.02. The Morgan fingerprint density at radius 2 is 2.06 bits per heavy atom. The standard InChI is InChI=1S/C13H25N3O2/c1-18-12(9-14)13(17)16-8-4-5-11(10-16)15-6-2-3-7-15/h11-12H,2-10,14H2,1H3. The number of nitrogens with zero attached hydrogens (tertiary/aromatic N) is 2. The Bertz CT molecular complexity index is 275. The Hall–Kier alpha value is -0.650. The van der Waals surface area contributed by atoms with Crippen LogP contribution in [0.25, 0.3) is 0 Å². The minimum absolute atomic E-state index is 0.0592. The van der Waals surface area contributed by atoms with Gasteiger partial charge in [-0.25, -0.2) is 0 Å². The van der Waals surface area contributed by atoms with E-state index in [4.69, 9.17) is 10.5 Å². The predicted molar refractivity (Wildman–Crippen MR) is 70.3 cm³/mol. The van der Waals surface area contributed by atoms with Crippen molar-refractivity contribution in [1.29, 1.82) is 0 Å². The quantitative estimate of drug-likeness (QED) is 0.771. The summed E-state index contributed by atoms with van der Waals surface area (Å²) in [4.78, 5) is 16.7. The van der Waals surface area contributed by atoms with Crippen LogP contribution in [0.2, 0.25) is 0 Å². The average Bonchev–Trinajstić information content (AvgIpc) is 2.94. The van der Waals surface area contributed by atoms with Gasteiger partial charge in [-0.05, 0) is 38.8 Å². The maximum Gasteiger partial charge on any atom is 0.253 e. The van der Waals surface area contributed by atoms with Gasteiger partial charge in [0.25, 0.3) is 5.91 Å². The molecule has 5 heteroatoms. The van der Waals surface area contributed by atoms with E-state index in [9.17, 15) is 4.79 Å². The molecule has 2 heterocycles. The summed E-state index contributed by atoms with van der Waals surface area (Å²) in [7, 11) is 1.55. The molecule has 0 aromatic heterocycles. The zero-order chi connectivity index (χ0) is 13.0. The predicted octanol–water partition coefficient (Wildman–Crippen LogP) is 0.0469. The molecule has 18 heavy (non-hydrogen) atoms. The van der Waals surface area contributed by atoms with Crippen LogP contribution < -0.4 is 5.73 Å². The molecule has 0 spiro atoms. The molecule has 2 unspecified atom stereocenters. The lowest BCUT2D eigenvalue weighted by Gasteiger charge is -2.38. The van der Waals surface area contributed by atoms with Crippen molar-refractivity contribution >= 4 is 5.91 Å². The van der Waals surface area contributed by atoms with E-state index in [1.807, 2.05) is 4.90 Å². The van der Waals surface area contributed by atoms with E-state index >= 15 is 0 Å². The maximum absolute atomic E-state index is 12.2. The van der Waals surface area contributed by atoms with E-state index in [-0.39, 0.29) is 12.5 Å². The van der Waals surface area contributed by atoms with Crippen molar-refractivity contribution in [3.63, 3.8) is 0 Å². The molecule has 0 aliphatic carbocycles. The summed E-state index contributed by atoms with van der Waals surface area (Å²) in [5.41, 5.74) is 5.56. The number of nitrogens with two attached hydrogens (primary N) is 1. The Morgan fingerprint density at radius 1 is 1.33 bits per heavy atom. The molecule has 0 radical (unpaired) electrons. The van der Waals surface area contributed by atoms with Crippen LogP contribution in [0.15, 0.2) is 0 Å². The fourth-order valence-corrected chi connectivity index (χ4v) is 3.06. The van der Waals surface area contributed by atoms with Crippen LogP contribution in [0.4, 0.5) is 0 Å². The number of methoxy groups -OCH3 is 1. The van der Waals surface area contributed by atoms with E-state index in [0.29, 0.717) is 6.04 Å². The number of amides is 1. The van der Waals surface area contributed by atoms with Crippen LogP contribution in [0.1, 0.15) is 25.7 Å². The largest absolute Gasteiger partial charge is 0.370 e. The van der Waals surface area contributed by atoms with Gasteiger partial charge in [-0.15, -0.1) is 0 Å². The summed E-state index contributed by atoms with van der Waals surface area (Å²) in [6, 6.07) is 0.542. The molecule has 2 rings (SSSR count). The molecule has 1 amide bonds. The molecule has 0 saturated carbocycles. The van der Waals surface area contributed by atoms with Crippen molar-refractivity contribution in [2.45, 2.75) is 37.8 Å². The van der Waals surface area contributed by atoms with E-state index in [0.717, 1.165) is 19.5 Å². The molecule has 2 aliphatic heterocycles. The molecule has 5 nitrogen and oxygen atoms in total. The first-order chi connectivity index (χ1) is 8.76. The lowest BCUT2D eigenvalue weighted by Crippen LogP contribution is -2.52. The summed E-state index contributed by atoms with van der Waals surface area (Å²) in [5, 5.41) is 0. The Morgan fingerprint density at radius 3 is 2.67 bits per heavy atom. The second-order valence-electron chi connectivity index (χ2n) is 5.28. The molecule has 2 saturated heterocycles. The van der Waals surface area contributed by atoms with Crippen LogP contribution >= 0.6 is 0 Å². The molecule has 0 aromatic carbocycles. The van der Waals surface area contributed by atoms with E-state index in [1.54, 1.807) is 7.11 Å². The van der Waals surface area contributed by atoms with Crippen molar-refractivity contribution in [1.82, 2.24) is 9.80 Å². The van der Waals surface area contributed by atoms with Gasteiger partial charge in [0.05, 0.1) is 0 Å². The zero-order valence-corrected chi connectivity index (χ0v) is 11.3. The highest BCUT2D eigenvalue weighted by atomic mass is 16.5. The number of piperidine rings is 1. The number of rotatable bonds is 4. The van der Waals surface area contributed by atoms with Gasteiger partial charge in [0, 0.05) is 32.8 Å². The number of carbonyl (C=O) groups is 1. The average molecular weight is 255 g/mol. The Balaban J connectivity index is 1.91. The second-order valence-corrected chi connectivity index (χ2v) is 5.28. The summed E-state index contributed by atoms with van der Waals surface area (Å²) in [6.45, 7) is 4.34. The highest BCUT2D eigenvalue weighted by molar-refractivity contribution is 5.81.